The highest BCUT2D eigenvalue weighted by Gasteiger charge is 2.33. The summed E-state index contributed by atoms with van der Waals surface area (Å²) in [4.78, 5) is 18.6. The van der Waals surface area contributed by atoms with Crippen LogP contribution in [-0.2, 0) is 11.3 Å². The van der Waals surface area contributed by atoms with Crippen LogP contribution in [0.4, 0.5) is 0 Å². The Hall–Kier alpha value is -3.02. The first-order valence-electron chi connectivity index (χ1n) is 11.9. The first kappa shape index (κ1) is 21.5. The van der Waals surface area contributed by atoms with Crippen molar-refractivity contribution in [3.8, 4) is 11.5 Å². The van der Waals surface area contributed by atoms with E-state index < -0.39 is 6.04 Å². The summed E-state index contributed by atoms with van der Waals surface area (Å²) >= 11 is 0. The lowest BCUT2D eigenvalue weighted by atomic mass is 9.99. The van der Waals surface area contributed by atoms with Gasteiger partial charge in [0.2, 0.25) is 0 Å². The molecule has 0 unspecified atom stereocenters. The molecule has 5 heterocycles. The van der Waals surface area contributed by atoms with Gasteiger partial charge in [0.25, 0.3) is 5.56 Å². The first-order valence-corrected chi connectivity index (χ1v) is 11.9. The molecule has 34 heavy (non-hydrogen) atoms. The Morgan fingerprint density at radius 2 is 1.88 bits per heavy atom. The SMILES string of the molecule is O=c1[nH]c2cc3c(cc2cc1[C@@H](c1nnnn1C[C@H]1CCCO1)N1CCC(O)CC1)OCCO3. The number of aliphatic hydroxyl groups is 1. The Balaban J connectivity index is 1.43. The van der Waals surface area contributed by atoms with Gasteiger partial charge in [0.1, 0.15) is 19.3 Å². The molecule has 0 radical (unpaired) electrons. The van der Waals surface area contributed by atoms with Gasteiger partial charge >= 0.3 is 0 Å². The van der Waals surface area contributed by atoms with Crippen LogP contribution in [0, 0.1) is 0 Å². The largest absolute Gasteiger partial charge is 0.486 e. The van der Waals surface area contributed by atoms with Crippen LogP contribution in [0.5, 0.6) is 11.5 Å². The monoisotopic (exact) mass is 468 g/mol. The zero-order valence-corrected chi connectivity index (χ0v) is 18.9. The van der Waals surface area contributed by atoms with Crippen molar-refractivity contribution in [2.24, 2.45) is 0 Å². The van der Waals surface area contributed by atoms with Gasteiger partial charge in [0.05, 0.1) is 24.3 Å². The van der Waals surface area contributed by atoms with E-state index in [-0.39, 0.29) is 17.8 Å². The summed E-state index contributed by atoms with van der Waals surface area (Å²) in [6, 6.07) is 5.15. The summed E-state index contributed by atoms with van der Waals surface area (Å²) in [5.41, 5.74) is 1.04. The number of H-pyrrole nitrogens is 1. The average molecular weight is 469 g/mol. The lowest BCUT2D eigenvalue weighted by molar-refractivity contribution is 0.0632. The van der Waals surface area contributed by atoms with E-state index in [0.29, 0.717) is 74.1 Å². The molecule has 2 saturated heterocycles. The van der Waals surface area contributed by atoms with Gasteiger partial charge in [-0.25, -0.2) is 4.68 Å². The van der Waals surface area contributed by atoms with Crippen molar-refractivity contribution >= 4 is 10.9 Å². The topological polar surface area (TPSA) is 128 Å². The van der Waals surface area contributed by atoms with Gasteiger partial charge in [-0.1, -0.05) is 0 Å². The van der Waals surface area contributed by atoms with Gasteiger partial charge in [0.15, 0.2) is 17.3 Å². The second-order valence-corrected chi connectivity index (χ2v) is 9.16. The van der Waals surface area contributed by atoms with Gasteiger partial charge in [-0.2, -0.15) is 0 Å². The number of nitrogens with one attached hydrogen (secondary N) is 1. The number of piperidine rings is 1. The van der Waals surface area contributed by atoms with Crippen LogP contribution < -0.4 is 15.0 Å². The zero-order chi connectivity index (χ0) is 23.1. The number of pyridine rings is 1. The maximum absolute atomic E-state index is 13.4. The third kappa shape index (κ3) is 4.04. The third-order valence-electron chi connectivity index (χ3n) is 6.90. The highest BCUT2D eigenvalue weighted by molar-refractivity contribution is 5.83. The van der Waals surface area contributed by atoms with Crippen molar-refractivity contribution in [2.45, 2.75) is 50.5 Å². The zero-order valence-electron chi connectivity index (χ0n) is 18.9. The van der Waals surface area contributed by atoms with Crippen molar-refractivity contribution < 1.29 is 19.3 Å². The Bertz CT molecular complexity index is 1230. The fraction of sp³-hybridized carbons (Fsp3) is 0.565. The molecule has 3 aliphatic heterocycles. The molecule has 2 fully saturated rings. The number of aromatic nitrogens is 5. The van der Waals surface area contributed by atoms with Crippen LogP contribution in [0.25, 0.3) is 10.9 Å². The van der Waals surface area contributed by atoms with Crippen LogP contribution >= 0.6 is 0 Å². The number of likely N-dealkylation sites (tertiary alicyclic amines) is 1. The fourth-order valence-electron chi connectivity index (χ4n) is 5.12. The van der Waals surface area contributed by atoms with E-state index in [0.717, 1.165) is 24.8 Å². The van der Waals surface area contributed by atoms with Gasteiger partial charge < -0.3 is 24.3 Å². The second kappa shape index (κ2) is 8.97. The molecule has 0 aliphatic carbocycles. The molecular formula is C23H28N6O5. The maximum atomic E-state index is 13.4. The first-order chi connectivity index (χ1) is 16.7. The van der Waals surface area contributed by atoms with E-state index in [1.165, 1.54) is 0 Å². The Labute approximate surface area is 195 Å². The quantitative estimate of drug-likeness (QED) is 0.564. The molecule has 0 saturated carbocycles. The van der Waals surface area contributed by atoms with Crippen molar-refractivity contribution in [1.29, 1.82) is 0 Å². The minimum Gasteiger partial charge on any atom is -0.486 e. The van der Waals surface area contributed by atoms with Gasteiger partial charge in [0, 0.05) is 36.7 Å². The van der Waals surface area contributed by atoms with Crippen molar-refractivity contribution in [3.05, 3.63) is 39.9 Å². The lowest BCUT2D eigenvalue weighted by Crippen LogP contribution is -2.42. The van der Waals surface area contributed by atoms with Crippen molar-refractivity contribution in [1.82, 2.24) is 30.1 Å². The summed E-state index contributed by atoms with van der Waals surface area (Å²) in [6.07, 6.45) is 2.98. The predicted octanol–water partition coefficient (Wildman–Crippen LogP) is 1.01. The van der Waals surface area contributed by atoms with E-state index in [2.05, 4.69) is 25.4 Å². The normalized spacial score (nSPS) is 22.3. The lowest BCUT2D eigenvalue weighted by Gasteiger charge is -2.35. The van der Waals surface area contributed by atoms with Crippen LogP contribution in [-0.4, -0.2) is 80.3 Å². The van der Waals surface area contributed by atoms with Gasteiger partial charge in [-0.15, -0.1) is 5.10 Å². The molecule has 11 nitrogen and oxygen atoms in total. The summed E-state index contributed by atoms with van der Waals surface area (Å²) < 4.78 is 19.0. The molecular weight excluding hydrogens is 440 g/mol. The van der Waals surface area contributed by atoms with E-state index >= 15 is 0 Å². The Morgan fingerprint density at radius 3 is 2.65 bits per heavy atom. The number of hydrogen-bond donors (Lipinski definition) is 2. The summed E-state index contributed by atoms with van der Waals surface area (Å²) in [5, 5.41) is 23.5. The number of aliphatic hydroxyl groups excluding tert-OH is 1. The molecule has 6 rings (SSSR count). The highest BCUT2D eigenvalue weighted by atomic mass is 16.6. The predicted molar refractivity (Wildman–Crippen MR) is 121 cm³/mol. The van der Waals surface area contributed by atoms with Crippen LogP contribution in [0.2, 0.25) is 0 Å². The molecule has 2 atom stereocenters. The Kier molecular flexibility index (Phi) is 5.67. The van der Waals surface area contributed by atoms with Crippen LogP contribution in [0.15, 0.2) is 23.0 Å². The average Bonchev–Trinajstić information content (AvgIpc) is 3.52. The molecule has 2 aromatic heterocycles. The Morgan fingerprint density at radius 1 is 1.09 bits per heavy atom. The number of nitrogens with zero attached hydrogens (tertiary/aromatic N) is 5. The molecule has 3 aliphatic rings. The van der Waals surface area contributed by atoms with E-state index in [4.69, 9.17) is 14.2 Å². The number of rotatable bonds is 5. The van der Waals surface area contributed by atoms with E-state index in [1.807, 2.05) is 18.2 Å². The molecule has 0 spiro atoms. The second-order valence-electron chi connectivity index (χ2n) is 9.16. The number of fused-ring (bicyclic) bond motifs is 2. The van der Waals surface area contributed by atoms with E-state index in [9.17, 15) is 9.90 Å². The molecule has 180 valence electrons. The van der Waals surface area contributed by atoms with Crippen LogP contribution in [0.1, 0.15) is 43.1 Å². The number of benzene rings is 1. The molecule has 1 aromatic carbocycles. The van der Waals surface area contributed by atoms with E-state index in [1.54, 1.807) is 4.68 Å². The number of aromatic amines is 1. The fourth-order valence-corrected chi connectivity index (χ4v) is 5.12. The number of ether oxygens (including phenoxy) is 3. The third-order valence-corrected chi connectivity index (χ3v) is 6.90. The summed E-state index contributed by atoms with van der Waals surface area (Å²) in [6.45, 7) is 3.53. The smallest absolute Gasteiger partial charge is 0.253 e. The van der Waals surface area contributed by atoms with Crippen molar-refractivity contribution in [2.75, 3.05) is 32.9 Å². The minimum atomic E-state index is -0.453. The number of tetrazole rings is 1. The number of hydrogen-bond acceptors (Lipinski definition) is 9. The van der Waals surface area contributed by atoms with Gasteiger partial charge in [-0.3, -0.25) is 9.69 Å². The van der Waals surface area contributed by atoms with Crippen LogP contribution in [0.3, 0.4) is 0 Å². The molecule has 2 N–H and O–H groups in total. The maximum Gasteiger partial charge on any atom is 0.253 e. The highest BCUT2D eigenvalue weighted by Crippen LogP contribution is 2.35. The summed E-state index contributed by atoms with van der Waals surface area (Å²) in [5.74, 6) is 1.90. The minimum absolute atomic E-state index is 0.0598. The molecule has 11 heteroatoms. The molecule has 3 aromatic rings. The van der Waals surface area contributed by atoms with Crippen molar-refractivity contribution in [3.63, 3.8) is 0 Å². The van der Waals surface area contributed by atoms with Gasteiger partial charge in [-0.05, 0) is 48.2 Å². The summed E-state index contributed by atoms with van der Waals surface area (Å²) in [7, 11) is 0. The standard InChI is InChI=1S/C23H28N6O5/c30-15-3-5-28(6-4-15)21(22-25-26-27-29(22)13-16-2-1-7-32-16)17-10-14-11-19-20(34-9-8-33-19)12-18(14)24-23(17)31/h10-12,15-16,21,30H,1-9,13H2,(H,24,31)/t16-,21+/m1/s1. The molecule has 0 amide bonds. The molecule has 0 bridgehead atoms.